The number of aryl methyl sites for hydroxylation is 1. The molecule has 0 amide bonds. The van der Waals surface area contributed by atoms with E-state index in [4.69, 9.17) is 16.3 Å². The minimum Gasteiger partial charge on any atom is -0.372 e. The number of hydrogen-bond acceptors (Lipinski definition) is 3. The van der Waals surface area contributed by atoms with Gasteiger partial charge in [-0.05, 0) is 31.0 Å². The molecule has 0 aliphatic carbocycles. The Morgan fingerprint density at radius 2 is 2.33 bits per heavy atom. The van der Waals surface area contributed by atoms with Crippen molar-refractivity contribution in [2.75, 3.05) is 6.61 Å². The molecule has 4 nitrogen and oxygen atoms in total. The first-order chi connectivity index (χ1) is 8.66. The number of rotatable bonds is 1. The molecule has 0 spiro atoms. The third-order valence-electron chi connectivity index (χ3n) is 3.30. The van der Waals surface area contributed by atoms with E-state index in [0.717, 1.165) is 23.9 Å². The smallest absolute Gasteiger partial charge is 0.275 e. The van der Waals surface area contributed by atoms with E-state index in [1.165, 1.54) is 0 Å². The van der Waals surface area contributed by atoms with Gasteiger partial charge in [0.1, 0.15) is 11.8 Å². The molecule has 2 aromatic rings. The van der Waals surface area contributed by atoms with Gasteiger partial charge in [0.15, 0.2) is 0 Å². The molecule has 2 heterocycles. The molecule has 1 unspecified atom stereocenters. The highest BCUT2D eigenvalue weighted by molar-refractivity contribution is 6.31. The zero-order valence-corrected chi connectivity index (χ0v) is 10.8. The Labute approximate surface area is 109 Å². The van der Waals surface area contributed by atoms with E-state index in [1.807, 2.05) is 6.07 Å². The van der Waals surface area contributed by atoms with Crippen LogP contribution in [0, 0.1) is 0 Å². The maximum atomic E-state index is 12.2. The van der Waals surface area contributed by atoms with Gasteiger partial charge in [-0.15, -0.1) is 0 Å². The van der Waals surface area contributed by atoms with Crippen molar-refractivity contribution in [3.05, 3.63) is 39.3 Å². The number of ether oxygens (including phenoxy) is 1. The molecule has 1 aliphatic rings. The predicted molar refractivity (Wildman–Crippen MR) is 69.9 cm³/mol. The van der Waals surface area contributed by atoms with Crippen molar-refractivity contribution in [2.45, 2.75) is 18.9 Å². The van der Waals surface area contributed by atoms with Gasteiger partial charge in [-0.2, -0.15) is 0 Å². The molecule has 0 bridgehead atoms. The van der Waals surface area contributed by atoms with Gasteiger partial charge < -0.3 is 9.30 Å². The lowest BCUT2D eigenvalue weighted by atomic mass is 10.1. The average molecular weight is 265 g/mol. The molecule has 5 heteroatoms. The minimum atomic E-state index is -0.174. The topological polar surface area (TPSA) is 44.1 Å². The number of nitrogens with zero attached hydrogens (tertiary/aromatic N) is 2. The van der Waals surface area contributed by atoms with Crippen molar-refractivity contribution in [1.82, 2.24) is 9.55 Å². The summed E-state index contributed by atoms with van der Waals surface area (Å²) in [6, 6.07) is 5.34. The van der Waals surface area contributed by atoms with Crippen LogP contribution in [0.4, 0.5) is 0 Å². The highest BCUT2D eigenvalue weighted by Crippen LogP contribution is 2.26. The molecule has 1 aliphatic heterocycles. The molecule has 3 rings (SSSR count). The van der Waals surface area contributed by atoms with Crippen molar-refractivity contribution in [3.8, 4) is 0 Å². The van der Waals surface area contributed by atoms with Gasteiger partial charge in [0, 0.05) is 18.7 Å². The Hall–Kier alpha value is -1.39. The lowest BCUT2D eigenvalue weighted by Gasteiger charge is -2.12. The predicted octanol–water partition coefficient (Wildman–Crippen LogP) is 2.44. The van der Waals surface area contributed by atoms with Crippen LogP contribution in [0.15, 0.2) is 23.0 Å². The Morgan fingerprint density at radius 3 is 3.06 bits per heavy atom. The number of aromatic nitrogens is 2. The molecular formula is C13H13ClN2O2. The molecule has 1 aromatic carbocycles. The summed E-state index contributed by atoms with van der Waals surface area (Å²) in [4.78, 5) is 16.7. The fourth-order valence-corrected chi connectivity index (χ4v) is 2.50. The number of hydrogen-bond donors (Lipinski definition) is 0. The molecule has 0 radical (unpaired) electrons. The summed E-state index contributed by atoms with van der Waals surface area (Å²) < 4.78 is 7.15. The molecule has 1 saturated heterocycles. The van der Waals surface area contributed by atoms with Gasteiger partial charge in [0.25, 0.3) is 5.56 Å². The van der Waals surface area contributed by atoms with Crippen LogP contribution >= 0.6 is 11.6 Å². The molecule has 0 N–H and O–H groups in total. The lowest BCUT2D eigenvalue weighted by Crippen LogP contribution is -2.25. The molecule has 1 atom stereocenters. The monoisotopic (exact) mass is 264 g/mol. The van der Waals surface area contributed by atoms with E-state index >= 15 is 0 Å². The molecule has 94 valence electrons. The van der Waals surface area contributed by atoms with E-state index in [0.29, 0.717) is 17.3 Å². The summed E-state index contributed by atoms with van der Waals surface area (Å²) in [6.07, 6.45) is 1.66. The molecule has 18 heavy (non-hydrogen) atoms. The van der Waals surface area contributed by atoms with E-state index < -0.39 is 0 Å². The molecule has 1 fully saturated rings. The van der Waals surface area contributed by atoms with Gasteiger partial charge in [0.2, 0.25) is 0 Å². The number of halogens is 1. The van der Waals surface area contributed by atoms with E-state index in [2.05, 4.69) is 4.98 Å². The normalized spacial score (nSPS) is 19.6. The van der Waals surface area contributed by atoms with Crippen molar-refractivity contribution in [3.63, 3.8) is 0 Å². The first-order valence-electron chi connectivity index (χ1n) is 5.94. The Bertz CT molecular complexity index is 660. The van der Waals surface area contributed by atoms with Crippen LogP contribution in [0.3, 0.4) is 0 Å². The van der Waals surface area contributed by atoms with Gasteiger partial charge in [-0.25, -0.2) is 4.98 Å². The lowest BCUT2D eigenvalue weighted by molar-refractivity contribution is 0.107. The molecule has 0 saturated carbocycles. The maximum absolute atomic E-state index is 12.2. The Kier molecular flexibility index (Phi) is 2.84. The quantitative estimate of drug-likeness (QED) is 0.795. The number of fused-ring (bicyclic) bond motifs is 1. The van der Waals surface area contributed by atoms with Crippen molar-refractivity contribution >= 4 is 22.6 Å². The summed E-state index contributed by atoms with van der Waals surface area (Å²) in [6.45, 7) is 0.698. The standard InChI is InChI=1S/C13H13ClN2O2/c1-16-10-5-4-8(14)7-9(10)15-12(13(16)17)11-3-2-6-18-11/h4-5,7,11H,2-3,6H2,1H3. The fraction of sp³-hybridized carbons (Fsp3) is 0.385. The van der Waals surface area contributed by atoms with Crippen LogP contribution in [-0.4, -0.2) is 16.2 Å². The number of benzene rings is 1. The van der Waals surface area contributed by atoms with Crippen LogP contribution in [-0.2, 0) is 11.8 Å². The maximum Gasteiger partial charge on any atom is 0.275 e. The van der Waals surface area contributed by atoms with Crippen molar-refractivity contribution < 1.29 is 4.74 Å². The fourth-order valence-electron chi connectivity index (χ4n) is 2.33. The second-order valence-corrected chi connectivity index (χ2v) is 4.93. The first-order valence-corrected chi connectivity index (χ1v) is 6.32. The first kappa shape index (κ1) is 11.7. The van der Waals surface area contributed by atoms with Crippen LogP contribution in [0.2, 0.25) is 5.02 Å². The summed E-state index contributed by atoms with van der Waals surface area (Å²) in [7, 11) is 1.75. The largest absolute Gasteiger partial charge is 0.372 e. The Morgan fingerprint density at radius 1 is 1.50 bits per heavy atom. The Balaban J connectivity index is 2.26. The van der Waals surface area contributed by atoms with Crippen molar-refractivity contribution in [2.24, 2.45) is 7.05 Å². The highest BCUT2D eigenvalue weighted by Gasteiger charge is 2.23. The van der Waals surface area contributed by atoms with Gasteiger partial charge >= 0.3 is 0 Å². The second-order valence-electron chi connectivity index (χ2n) is 4.50. The van der Waals surface area contributed by atoms with Crippen molar-refractivity contribution in [1.29, 1.82) is 0 Å². The van der Waals surface area contributed by atoms with E-state index in [9.17, 15) is 4.79 Å². The van der Waals surface area contributed by atoms with Crippen LogP contribution in [0.5, 0.6) is 0 Å². The minimum absolute atomic E-state index is 0.0864. The van der Waals surface area contributed by atoms with Gasteiger partial charge in [-0.1, -0.05) is 11.6 Å². The SMILES string of the molecule is Cn1c(=O)c(C2CCCO2)nc2cc(Cl)ccc21. The summed E-state index contributed by atoms with van der Waals surface area (Å²) in [5.74, 6) is 0. The molecular weight excluding hydrogens is 252 g/mol. The average Bonchev–Trinajstić information content (AvgIpc) is 2.87. The molecule has 1 aromatic heterocycles. The highest BCUT2D eigenvalue weighted by atomic mass is 35.5. The van der Waals surface area contributed by atoms with Gasteiger partial charge in [0.05, 0.1) is 11.0 Å². The zero-order chi connectivity index (χ0) is 12.7. The van der Waals surface area contributed by atoms with Crippen LogP contribution in [0.1, 0.15) is 24.6 Å². The summed E-state index contributed by atoms with van der Waals surface area (Å²) >= 11 is 5.96. The van der Waals surface area contributed by atoms with Gasteiger partial charge in [-0.3, -0.25) is 4.79 Å². The van der Waals surface area contributed by atoms with Crippen LogP contribution in [0.25, 0.3) is 11.0 Å². The third kappa shape index (κ3) is 1.82. The third-order valence-corrected chi connectivity index (χ3v) is 3.53. The van der Waals surface area contributed by atoms with E-state index in [1.54, 1.807) is 23.7 Å². The van der Waals surface area contributed by atoms with Crippen LogP contribution < -0.4 is 5.56 Å². The summed E-state index contributed by atoms with van der Waals surface area (Å²) in [5.41, 5.74) is 1.92. The summed E-state index contributed by atoms with van der Waals surface area (Å²) in [5, 5.41) is 0.618. The second kappa shape index (κ2) is 4.37. The zero-order valence-electron chi connectivity index (χ0n) is 10.0. The van der Waals surface area contributed by atoms with E-state index in [-0.39, 0.29) is 11.7 Å².